The maximum Gasteiger partial charge on any atom is 0.526 e. The van der Waals surface area contributed by atoms with E-state index < -0.39 is 18.9 Å². The standard InChI is InChI=1S/C18H20BN5O5/c20-6-2-5-16-15(9-21)22-23-24(16)10-13(25)8-12-7-11-3-1-4-14(18(26)27)17(11)29-19(12)28/h1,3-4,12,28H,6-10,20-21H2,(H,26,27)/t12-/m1/s1. The Hall–Kier alpha value is -3.20. The topological polar surface area (TPSA) is 167 Å². The number of ketones is 1. The van der Waals surface area contributed by atoms with E-state index in [-0.39, 0.29) is 43.2 Å². The lowest BCUT2D eigenvalue weighted by Gasteiger charge is -2.28. The van der Waals surface area contributed by atoms with Crippen molar-refractivity contribution in [3.63, 3.8) is 0 Å². The molecule has 1 aliphatic rings. The molecule has 6 N–H and O–H groups in total. The highest BCUT2D eigenvalue weighted by molar-refractivity contribution is 6.47. The third-order valence-electron chi connectivity index (χ3n) is 4.57. The number of hydrogen-bond acceptors (Lipinski definition) is 8. The molecule has 0 saturated carbocycles. The maximum atomic E-state index is 12.6. The summed E-state index contributed by atoms with van der Waals surface area (Å²) in [5.74, 6) is 3.79. The predicted octanol–water partition coefficient (Wildman–Crippen LogP) is -0.810. The van der Waals surface area contributed by atoms with Crippen molar-refractivity contribution in [1.82, 2.24) is 15.0 Å². The Kier molecular flexibility index (Phi) is 6.28. The van der Waals surface area contributed by atoms with Gasteiger partial charge in [0.05, 0.1) is 12.1 Å². The van der Waals surface area contributed by atoms with Crippen LogP contribution in [-0.4, -0.2) is 50.5 Å². The highest BCUT2D eigenvalue weighted by Crippen LogP contribution is 2.36. The van der Waals surface area contributed by atoms with Crippen molar-refractivity contribution in [3.8, 4) is 17.6 Å². The highest BCUT2D eigenvalue weighted by Gasteiger charge is 2.37. The summed E-state index contributed by atoms with van der Waals surface area (Å²) in [5.41, 5.74) is 12.5. The number of para-hydroxylation sites is 1. The zero-order chi connectivity index (χ0) is 21.0. The number of hydrogen-bond donors (Lipinski definition) is 4. The number of aromatic nitrogens is 3. The number of carboxylic acid groups (broad SMARTS) is 1. The van der Waals surface area contributed by atoms with Crippen LogP contribution in [-0.2, 0) is 24.3 Å². The van der Waals surface area contributed by atoms with Gasteiger partial charge in [-0.3, -0.25) is 4.79 Å². The van der Waals surface area contributed by atoms with Gasteiger partial charge in [-0.2, -0.15) is 0 Å². The summed E-state index contributed by atoms with van der Waals surface area (Å²) in [6.07, 6.45) is 0.327. The summed E-state index contributed by atoms with van der Waals surface area (Å²) < 4.78 is 6.78. The second-order valence-electron chi connectivity index (χ2n) is 6.57. The van der Waals surface area contributed by atoms with Crippen molar-refractivity contribution in [1.29, 1.82) is 0 Å². The number of carbonyl (C=O) groups excluding carboxylic acids is 1. The molecule has 2 heterocycles. The number of benzene rings is 1. The van der Waals surface area contributed by atoms with E-state index >= 15 is 0 Å². The second kappa shape index (κ2) is 8.87. The summed E-state index contributed by atoms with van der Waals surface area (Å²) in [6.45, 7) is 0.181. The third kappa shape index (κ3) is 4.46. The van der Waals surface area contributed by atoms with E-state index in [1.165, 1.54) is 10.7 Å². The lowest BCUT2D eigenvalue weighted by Crippen LogP contribution is -2.36. The monoisotopic (exact) mass is 397 g/mol. The summed E-state index contributed by atoms with van der Waals surface area (Å²) in [5, 5.41) is 27.4. The number of aromatic carboxylic acids is 1. The minimum atomic E-state index is -1.29. The van der Waals surface area contributed by atoms with E-state index in [2.05, 4.69) is 22.2 Å². The van der Waals surface area contributed by atoms with Crippen molar-refractivity contribution in [2.75, 3.05) is 6.54 Å². The molecule has 0 fully saturated rings. The highest BCUT2D eigenvalue weighted by atomic mass is 16.5. The Morgan fingerprint density at radius 1 is 1.38 bits per heavy atom. The molecule has 29 heavy (non-hydrogen) atoms. The molecule has 11 heteroatoms. The minimum absolute atomic E-state index is 0.0134. The van der Waals surface area contributed by atoms with Crippen LogP contribution >= 0.6 is 0 Å². The Labute approximate surface area is 167 Å². The molecule has 1 aliphatic heterocycles. The molecule has 0 unspecified atom stereocenters. The molecule has 0 aliphatic carbocycles. The van der Waals surface area contributed by atoms with Crippen LogP contribution in [0.4, 0.5) is 0 Å². The molecule has 1 aromatic carbocycles. The van der Waals surface area contributed by atoms with Gasteiger partial charge in [0, 0.05) is 18.8 Å². The Balaban J connectivity index is 1.73. The van der Waals surface area contributed by atoms with Gasteiger partial charge in [0.15, 0.2) is 5.78 Å². The van der Waals surface area contributed by atoms with Crippen LogP contribution in [0.3, 0.4) is 0 Å². The molecule has 150 valence electrons. The smallest absolute Gasteiger partial charge is 0.526 e. The molecule has 0 radical (unpaired) electrons. The van der Waals surface area contributed by atoms with E-state index in [1.807, 2.05) is 0 Å². The molecule has 2 aromatic rings. The Morgan fingerprint density at radius 2 is 2.17 bits per heavy atom. The van der Waals surface area contributed by atoms with Gasteiger partial charge in [0.2, 0.25) is 0 Å². The van der Waals surface area contributed by atoms with Crippen LogP contribution < -0.4 is 16.1 Å². The second-order valence-corrected chi connectivity index (χ2v) is 6.57. The van der Waals surface area contributed by atoms with Gasteiger partial charge in [-0.1, -0.05) is 23.3 Å². The SMILES string of the molecule is NCC#Cc1c(CN)nnn1CC(=O)C[C@H]1Cc2cccc(C(=O)O)c2OB1O. The summed E-state index contributed by atoms with van der Waals surface area (Å²) in [7, 11) is -1.29. The lowest BCUT2D eigenvalue weighted by atomic mass is 9.64. The number of Topliss-reactive ketones (excluding diaryl/α,β-unsaturated/α-hetero) is 1. The fraction of sp³-hybridized carbons (Fsp3) is 0.333. The van der Waals surface area contributed by atoms with E-state index in [4.69, 9.17) is 16.1 Å². The van der Waals surface area contributed by atoms with Gasteiger partial charge in [-0.15, -0.1) is 5.10 Å². The van der Waals surface area contributed by atoms with E-state index in [9.17, 15) is 19.7 Å². The Bertz CT molecular complexity index is 996. The molecular weight excluding hydrogens is 377 g/mol. The largest absolute Gasteiger partial charge is 0.535 e. The predicted molar refractivity (Wildman–Crippen MR) is 103 cm³/mol. The summed E-state index contributed by atoms with van der Waals surface area (Å²) >= 11 is 0. The number of nitrogens with zero attached hydrogens (tertiary/aromatic N) is 3. The van der Waals surface area contributed by atoms with Crippen LogP contribution in [0.15, 0.2) is 18.2 Å². The lowest BCUT2D eigenvalue weighted by molar-refractivity contribution is -0.120. The molecule has 0 spiro atoms. The van der Waals surface area contributed by atoms with Gasteiger partial charge in [-0.05, 0) is 24.0 Å². The molecule has 3 rings (SSSR count). The van der Waals surface area contributed by atoms with E-state index in [0.29, 0.717) is 23.4 Å². The fourth-order valence-electron chi connectivity index (χ4n) is 3.22. The molecule has 0 bridgehead atoms. The fourth-order valence-corrected chi connectivity index (χ4v) is 3.22. The number of fused-ring (bicyclic) bond motifs is 1. The normalized spacial score (nSPS) is 15.1. The van der Waals surface area contributed by atoms with Crippen molar-refractivity contribution in [2.45, 2.75) is 31.7 Å². The summed E-state index contributed by atoms with van der Waals surface area (Å²) in [6, 6.07) is 4.73. The number of carbonyl (C=O) groups is 2. The van der Waals surface area contributed by atoms with Gasteiger partial charge in [-0.25, -0.2) is 9.48 Å². The molecule has 1 aromatic heterocycles. The maximum absolute atomic E-state index is 12.6. The molecule has 0 saturated heterocycles. The van der Waals surface area contributed by atoms with Crippen molar-refractivity contribution in [3.05, 3.63) is 40.7 Å². The van der Waals surface area contributed by atoms with Crippen LogP contribution in [0.25, 0.3) is 0 Å². The zero-order valence-electron chi connectivity index (χ0n) is 15.5. The van der Waals surface area contributed by atoms with Crippen molar-refractivity contribution < 1.29 is 24.4 Å². The molecule has 10 nitrogen and oxygen atoms in total. The average molecular weight is 397 g/mol. The molecular formula is C18H20BN5O5. The van der Waals surface area contributed by atoms with Crippen LogP contribution in [0.5, 0.6) is 5.75 Å². The first-order chi connectivity index (χ1) is 13.9. The Morgan fingerprint density at radius 3 is 2.86 bits per heavy atom. The molecule has 0 amide bonds. The first-order valence-corrected chi connectivity index (χ1v) is 8.97. The number of rotatable bonds is 6. The van der Waals surface area contributed by atoms with Crippen LogP contribution in [0, 0.1) is 11.8 Å². The molecule has 1 atom stereocenters. The average Bonchev–Trinajstić information content (AvgIpc) is 3.07. The van der Waals surface area contributed by atoms with Crippen LogP contribution in [0.2, 0.25) is 5.82 Å². The van der Waals surface area contributed by atoms with Gasteiger partial charge < -0.3 is 26.3 Å². The third-order valence-corrected chi connectivity index (χ3v) is 4.57. The summed E-state index contributed by atoms with van der Waals surface area (Å²) in [4.78, 5) is 23.9. The van der Waals surface area contributed by atoms with Gasteiger partial charge in [0.1, 0.15) is 23.7 Å². The quantitative estimate of drug-likeness (QED) is 0.360. The number of nitrogens with two attached hydrogens (primary N) is 2. The van der Waals surface area contributed by atoms with Crippen molar-refractivity contribution in [2.24, 2.45) is 11.5 Å². The number of carboxylic acids is 1. The first-order valence-electron chi connectivity index (χ1n) is 8.97. The first kappa shape index (κ1) is 20.5. The minimum Gasteiger partial charge on any atom is -0.535 e. The van der Waals surface area contributed by atoms with Crippen molar-refractivity contribution >= 4 is 18.9 Å². The van der Waals surface area contributed by atoms with Gasteiger partial charge in [0.25, 0.3) is 0 Å². The van der Waals surface area contributed by atoms with Gasteiger partial charge >= 0.3 is 13.1 Å². The van der Waals surface area contributed by atoms with E-state index in [1.54, 1.807) is 12.1 Å². The zero-order valence-corrected chi connectivity index (χ0v) is 15.5. The van der Waals surface area contributed by atoms with Crippen LogP contribution in [0.1, 0.15) is 33.7 Å². The van der Waals surface area contributed by atoms with E-state index in [0.717, 1.165) is 0 Å².